The average molecular weight is 325 g/mol. The summed E-state index contributed by atoms with van der Waals surface area (Å²) in [5.41, 5.74) is 2.14. The number of nitrogens with one attached hydrogen (secondary N) is 2. The summed E-state index contributed by atoms with van der Waals surface area (Å²) in [7, 11) is 1.77. The van der Waals surface area contributed by atoms with Gasteiger partial charge in [-0.05, 0) is 43.3 Å². The lowest BCUT2D eigenvalue weighted by Crippen LogP contribution is -2.16. The van der Waals surface area contributed by atoms with E-state index in [0.29, 0.717) is 22.9 Å². The molecule has 1 amide bonds. The number of carbonyl (C=O) groups is 1. The summed E-state index contributed by atoms with van der Waals surface area (Å²) in [5.74, 6) is -0.253. The predicted octanol–water partition coefficient (Wildman–Crippen LogP) is 3.26. The Morgan fingerprint density at radius 2 is 1.88 bits per heavy atom. The van der Waals surface area contributed by atoms with Gasteiger partial charge in [-0.3, -0.25) is 9.48 Å². The lowest BCUT2D eigenvalue weighted by atomic mass is 10.2. The number of rotatable bonds is 4. The van der Waals surface area contributed by atoms with Gasteiger partial charge in [0.2, 0.25) is 0 Å². The standard InChI is InChI=1S/C17H16FN5O/c1-11-3-8-14(20-13-6-4-12(18)5-7-13)16(19-11)17(24)21-15-9-10-23(2)22-15/h3-10,20H,1-2H3,(H,21,22,24). The van der Waals surface area contributed by atoms with E-state index < -0.39 is 0 Å². The molecule has 7 heteroatoms. The Balaban J connectivity index is 1.87. The Labute approximate surface area is 138 Å². The fourth-order valence-corrected chi connectivity index (χ4v) is 2.18. The number of hydrogen-bond donors (Lipinski definition) is 2. The SMILES string of the molecule is Cc1ccc(Nc2ccc(F)cc2)c(C(=O)Nc2ccn(C)n2)n1. The lowest BCUT2D eigenvalue weighted by Gasteiger charge is -2.11. The second kappa shape index (κ2) is 6.49. The number of pyridine rings is 1. The maximum Gasteiger partial charge on any atom is 0.277 e. The Bertz CT molecular complexity index is 873. The van der Waals surface area contributed by atoms with E-state index in [4.69, 9.17) is 0 Å². The van der Waals surface area contributed by atoms with E-state index in [1.54, 1.807) is 55.2 Å². The van der Waals surface area contributed by atoms with Crippen molar-refractivity contribution in [1.82, 2.24) is 14.8 Å². The molecule has 0 atom stereocenters. The average Bonchev–Trinajstić information content (AvgIpc) is 2.96. The lowest BCUT2D eigenvalue weighted by molar-refractivity contribution is 0.102. The maximum atomic E-state index is 13.0. The summed E-state index contributed by atoms with van der Waals surface area (Å²) >= 11 is 0. The van der Waals surface area contributed by atoms with Crippen LogP contribution in [0.15, 0.2) is 48.7 Å². The van der Waals surface area contributed by atoms with E-state index in [9.17, 15) is 9.18 Å². The third-order valence-electron chi connectivity index (χ3n) is 3.33. The minimum atomic E-state index is -0.373. The molecule has 2 aromatic heterocycles. The molecule has 6 nitrogen and oxygen atoms in total. The monoisotopic (exact) mass is 325 g/mol. The molecule has 122 valence electrons. The molecule has 0 spiro atoms. The molecule has 1 aromatic carbocycles. The van der Waals surface area contributed by atoms with Crippen molar-refractivity contribution in [2.45, 2.75) is 6.92 Å². The third kappa shape index (κ3) is 3.57. The van der Waals surface area contributed by atoms with Crippen molar-refractivity contribution >= 4 is 23.1 Å². The second-order valence-corrected chi connectivity index (χ2v) is 5.31. The molecule has 0 radical (unpaired) electrons. The molecule has 0 saturated carbocycles. The smallest absolute Gasteiger partial charge is 0.277 e. The van der Waals surface area contributed by atoms with Crippen molar-refractivity contribution in [2.75, 3.05) is 10.6 Å². The predicted molar refractivity (Wildman–Crippen MR) is 89.8 cm³/mol. The van der Waals surface area contributed by atoms with Crippen molar-refractivity contribution in [3.8, 4) is 0 Å². The minimum absolute atomic E-state index is 0.241. The number of halogens is 1. The van der Waals surface area contributed by atoms with Gasteiger partial charge in [-0.15, -0.1) is 0 Å². The van der Waals surface area contributed by atoms with Gasteiger partial charge in [0.05, 0.1) is 5.69 Å². The molecular formula is C17H16FN5O. The van der Waals surface area contributed by atoms with Crippen LogP contribution in [0.25, 0.3) is 0 Å². The van der Waals surface area contributed by atoms with Crippen molar-refractivity contribution in [1.29, 1.82) is 0 Å². The highest BCUT2D eigenvalue weighted by molar-refractivity contribution is 6.06. The molecule has 0 unspecified atom stereocenters. The summed E-state index contributed by atoms with van der Waals surface area (Å²) < 4.78 is 14.6. The highest BCUT2D eigenvalue weighted by atomic mass is 19.1. The van der Waals surface area contributed by atoms with Gasteiger partial charge in [0.25, 0.3) is 5.91 Å². The first-order chi connectivity index (χ1) is 11.5. The Morgan fingerprint density at radius 1 is 1.12 bits per heavy atom. The first kappa shape index (κ1) is 15.7. The van der Waals surface area contributed by atoms with Gasteiger partial charge in [0, 0.05) is 30.7 Å². The van der Waals surface area contributed by atoms with Gasteiger partial charge < -0.3 is 10.6 Å². The third-order valence-corrected chi connectivity index (χ3v) is 3.33. The van der Waals surface area contributed by atoms with E-state index in [-0.39, 0.29) is 17.4 Å². The largest absolute Gasteiger partial charge is 0.354 e. The quantitative estimate of drug-likeness (QED) is 0.772. The van der Waals surface area contributed by atoms with Crippen LogP contribution in [0.3, 0.4) is 0 Å². The van der Waals surface area contributed by atoms with Crippen LogP contribution in [0.4, 0.5) is 21.6 Å². The van der Waals surface area contributed by atoms with Gasteiger partial charge in [-0.25, -0.2) is 9.37 Å². The minimum Gasteiger partial charge on any atom is -0.354 e. The summed E-state index contributed by atoms with van der Waals surface area (Å²) in [5, 5.41) is 9.91. The van der Waals surface area contributed by atoms with Crippen LogP contribution in [0.1, 0.15) is 16.2 Å². The molecule has 3 aromatic rings. The van der Waals surface area contributed by atoms with Gasteiger partial charge in [0.1, 0.15) is 5.82 Å². The molecule has 0 saturated heterocycles. The van der Waals surface area contributed by atoms with Crippen LogP contribution in [-0.2, 0) is 7.05 Å². The number of anilines is 3. The van der Waals surface area contributed by atoms with Crippen LogP contribution in [0.2, 0.25) is 0 Å². The highest BCUT2D eigenvalue weighted by Gasteiger charge is 2.15. The Kier molecular flexibility index (Phi) is 4.24. The van der Waals surface area contributed by atoms with Crippen LogP contribution < -0.4 is 10.6 Å². The molecule has 0 aliphatic rings. The molecule has 0 fully saturated rings. The molecule has 2 N–H and O–H groups in total. The molecular weight excluding hydrogens is 309 g/mol. The number of benzene rings is 1. The van der Waals surface area contributed by atoms with Crippen molar-refractivity contribution in [2.24, 2.45) is 7.05 Å². The van der Waals surface area contributed by atoms with Crippen molar-refractivity contribution in [3.63, 3.8) is 0 Å². The molecule has 3 rings (SSSR count). The van der Waals surface area contributed by atoms with Gasteiger partial charge in [0.15, 0.2) is 11.5 Å². The molecule has 2 heterocycles. The van der Waals surface area contributed by atoms with E-state index >= 15 is 0 Å². The fraction of sp³-hybridized carbons (Fsp3) is 0.118. The number of nitrogens with zero attached hydrogens (tertiary/aromatic N) is 3. The van der Waals surface area contributed by atoms with Gasteiger partial charge >= 0.3 is 0 Å². The molecule has 0 aliphatic carbocycles. The Morgan fingerprint density at radius 3 is 2.54 bits per heavy atom. The number of hydrogen-bond acceptors (Lipinski definition) is 4. The first-order valence-electron chi connectivity index (χ1n) is 7.32. The first-order valence-corrected chi connectivity index (χ1v) is 7.32. The fourth-order valence-electron chi connectivity index (χ4n) is 2.18. The van der Waals surface area contributed by atoms with Gasteiger partial charge in [-0.2, -0.15) is 5.10 Å². The molecule has 0 aliphatic heterocycles. The zero-order valence-electron chi connectivity index (χ0n) is 13.2. The van der Waals surface area contributed by atoms with Crippen molar-refractivity contribution < 1.29 is 9.18 Å². The highest BCUT2D eigenvalue weighted by Crippen LogP contribution is 2.21. The van der Waals surface area contributed by atoms with E-state index in [1.807, 2.05) is 0 Å². The van der Waals surface area contributed by atoms with Crippen LogP contribution >= 0.6 is 0 Å². The van der Waals surface area contributed by atoms with E-state index in [1.165, 1.54) is 12.1 Å². The van der Waals surface area contributed by atoms with Crippen LogP contribution in [0, 0.1) is 12.7 Å². The van der Waals surface area contributed by atoms with E-state index in [0.717, 1.165) is 0 Å². The zero-order valence-corrected chi connectivity index (χ0v) is 13.2. The summed E-state index contributed by atoms with van der Waals surface area (Å²) in [4.78, 5) is 16.8. The number of amides is 1. The molecule has 0 bridgehead atoms. The number of aromatic nitrogens is 3. The van der Waals surface area contributed by atoms with E-state index in [2.05, 4.69) is 20.7 Å². The summed E-state index contributed by atoms with van der Waals surface area (Å²) in [6, 6.07) is 11.1. The topological polar surface area (TPSA) is 71.8 Å². The number of aryl methyl sites for hydroxylation is 2. The second-order valence-electron chi connectivity index (χ2n) is 5.31. The van der Waals surface area contributed by atoms with Crippen molar-refractivity contribution in [3.05, 3.63) is 65.9 Å². The van der Waals surface area contributed by atoms with Crippen LogP contribution in [-0.4, -0.2) is 20.7 Å². The number of carbonyl (C=O) groups excluding carboxylic acids is 1. The maximum absolute atomic E-state index is 13.0. The molecule has 24 heavy (non-hydrogen) atoms. The van der Waals surface area contributed by atoms with Crippen LogP contribution in [0.5, 0.6) is 0 Å². The normalized spacial score (nSPS) is 10.5. The summed E-state index contributed by atoms with van der Waals surface area (Å²) in [6.07, 6.45) is 1.73. The van der Waals surface area contributed by atoms with Gasteiger partial charge in [-0.1, -0.05) is 0 Å². The summed E-state index contributed by atoms with van der Waals surface area (Å²) in [6.45, 7) is 1.80. The zero-order chi connectivity index (χ0) is 17.1. The Hall–Kier alpha value is -3.22.